The maximum absolute atomic E-state index is 10.9. The third-order valence-corrected chi connectivity index (χ3v) is 4.38. The first-order valence-electron chi connectivity index (χ1n) is 6.40. The quantitative estimate of drug-likeness (QED) is 0.782. The molecule has 0 amide bonds. The number of aromatic nitrogens is 1. The molecular formula is C16H13NO2S. The molecule has 0 radical (unpaired) electrons. The van der Waals surface area contributed by atoms with E-state index in [9.17, 15) is 4.79 Å². The minimum Gasteiger partial charge on any atom is -0.478 e. The van der Waals surface area contributed by atoms with Gasteiger partial charge in [-0.3, -0.25) is 0 Å². The normalized spacial score (nSPS) is 10.8. The number of fused-ring (bicyclic) bond motifs is 1. The number of carboxylic acids is 1. The first-order chi connectivity index (χ1) is 9.67. The molecule has 0 unspecified atom stereocenters. The Labute approximate surface area is 120 Å². The fourth-order valence-electron chi connectivity index (χ4n) is 2.11. The van der Waals surface area contributed by atoms with Crippen LogP contribution in [0.4, 0.5) is 0 Å². The standard InChI is InChI=1S/C16H13NO2S/c1-2-15-17-13-9-12(7-8-14(13)20-15)10-3-5-11(6-4-10)16(18)19/h3-9H,2H2,1H3,(H,18,19). The lowest BCUT2D eigenvalue weighted by molar-refractivity contribution is 0.0697. The van der Waals surface area contributed by atoms with Gasteiger partial charge in [0, 0.05) is 0 Å². The van der Waals surface area contributed by atoms with E-state index in [0.29, 0.717) is 5.56 Å². The molecule has 0 aliphatic rings. The Balaban J connectivity index is 2.02. The van der Waals surface area contributed by atoms with Gasteiger partial charge in [0.05, 0.1) is 20.8 Å². The zero-order valence-electron chi connectivity index (χ0n) is 11.0. The Morgan fingerprint density at radius 1 is 1.15 bits per heavy atom. The minimum atomic E-state index is -0.904. The van der Waals surface area contributed by atoms with E-state index in [4.69, 9.17) is 5.11 Å². The molecule has 0 aliphatic carbocycles. The summed E-state index contributed by atoms with van der Waals surface area (Å²) in [4.78, 5) is 15.4. The van der Waals surface area contributed by atoms with Crippen LogP contribution in [0.25, 0.3) is 21.3 Å². The van der Waals surface area contributed by atoms with Crippen LogP contribution in [0.15, 0.2) is 42.5 Å². The van der Waals surface area contributed by atoms with E-state index in [-0.39, 0.29) is 0 Å². The van der Waals surface area contributed by atoms with Crippen LogP contribution in [-0.4, -0.2) is 16.1 Å². The number of hydrogen-bond donors (Lipinski definition) is 1. The van der Waals surface area contributed by atoms with Crippen LogP contribution < -0.4 is 0 Å². The molecule has 1 heterocycles. The molecule has 1 aromatic heterocycles. The summed E-state index contributed by atoms with van der Waals surface area (Å²) in [6.07, 6.45) is 0.946. The fourth-order valence-corrected chi connectivity index (χ4v) is 3.00. The maximum atomic E-state index is 10.9. The summed E-state index contributed by atoms with van der Waals surface area (Å²) in [5.74, 6) is -0.904. The molecule has 0 bridgehead atoms. The number of aryl methyl sites for hydroxylation is 1. The minimum absolute atomic E-state index is 0.303. The van der Waals surface area contributed by atoms with Crippen molar-refractivity contribution in [2.45, 2.75) is 13.3 Å². The number of aromatic carboxylic acids is 1. The van der Waals surface area contributed by atoms with Gasteiger partial charge in [-0.05, 0) is 41.8 Å². The van der Waals surface area contributed by atoms with Gasteiger partial charge in [-0.15, -0.1) is 11.3 Å². The number of hydrogen-bond acceptors (Lipinski definition) is 3. The number of thiazole rings is 1. The van der Waals surface area contributed by atoms with Crippen LogP contribution in [0.3, 0.4) is 0 Å². The Morgan fingerprint density at radius 2 is 1.85 bits per heavy atom. The van der Waals surface area contributed by atoms with E-state index < -0.39 is 5.97 Å². The first kappa shape index (κ1) is 12.8. The van der Waals surface area contributed by atoms with Crippen LogP contribution >= 0.6 is 11.3 Å². The lowest BCUT2D eigenvalue weighted by atomic mass is 10.0. The summed E-state index contributed by atoms with van der Waals surface area (Å²) in [7, 11) is 0. The highest BCUT2D eigenvalue weighted by Crippen LogP contribution is 2.28. The molecule has 0 fully saturated rings. The average molecular weight is 283 g/mol. The number of carbonyl (C=O) groups is 1. The maximum Gasteiger partial charge on any atom is 0.335 e. The topological polar surface area (TPSA) is 50.2 Å². The summed E-state index contributed by atoms with van der Waals surface area (Å²) in [5.41, 5.74) is 3.37. The Hall–Kier alpha value is -2.20. The van der Waals surface area contributed by atoms with Gasteiger partial charge in [-0.2, -0.15) is 0 Å². The highest BCUT2D eigenvalue weighted by Gasteiger charge is 2.06. The zero-order chi connectivity index (χ0) is 14.1. The van der Waals surface area contributed by atoms with E-state index in [1.807, 2.05) is 12.1 Å². The molecule has 3 rings (SSSR count). The Morgan fingerprint density at radius 3 is 2.50 bits per heavy atom. The Kier molecular flexibility index (Phi) is 3.24. The Bertz CT molecular complexity index is 775. The van der Waals surface area contributed by atoms with Gasteiger partial charge in [0.25, 0.3) is 0 Å². The van der Waals surface area contributed by atoms with Crippen LogP contribution in [0.5, 0.6) is 0 Å². The van der Waals surface area contributed by atoms with Gasteiger partial charge < -0.3 is 5.11 Å². The molecule has 100 valence electrons. The molecule has 1 N–H and O–H groups in total. The van der Waals surface area contributed by atoms with E-state index in [0.717, 1.165) is 28.1 Å². The summed E-state index contributed by atoms with van der Waals surface area (Å²) in [5, 5.41) is 10.0. The largest absolute Gasteiger partial charge is 0.478 e. The smallest absolute Gasteiger partial charge is 0.335 e. The summed E-state index contributed by atoms with van der Waals surface area (Å²) in [6.45, 7) is 2.10. The third kappa shape index (κ3) is 2.30. The van der Waals surface area contributed by atoms with Gasteiger partial charge in [0.15, 0.2) is 0 Å². The van der Waals surface area contributed by atoms with E-state index in [1.165, 1.54) is 4.70 Å². The second-order valence-electron chi connectivity index (χ2n) is 4.53. The molecule has 0 spiro atoms. The van der Waals surface area contributed by atoms with E-state index in [1.54, 1.807) is 23.5 Å². The van der Waals surface area contributed by atoms with Crippen molar-refractivity contribution in [3.8, 4) is 11.1 Å². The molecule has 4 heteroatoms. The van der Waals surface area contributed by atoms with Crippen LogP contribution in [0, 0.1) is 0 Å². The van der Waals surface area contributed by atoms with Crippen molar-refractivity contribution in [1.82, 2.24) is 4.98 Å². The average Bonchev–Trinajstić information content (AvgIpc) is 2.89. The first-order valence-corrected chi connectivity index (χ1v) is 7.22. The highest BCUT2D eigenvalue weighted by molar-refractivity contribution is 7.18. The van der Waals surface area contributed by atoms with Crippen molar-refractivity contribution in [3.63, 3.8) is 0 Å². The number of carboxylic acid groups (broad SMARTS) is 1. The predicted octanol–water partition coefficient (Wildman–Crippen LogP) is 4.22. The molecule has 0 saturated heterocycles. The van der Waals surface area contributed by atoms with Crippen molar-refractivity contribution < 1.29 is 9.90 Å². The van der Waals surface area contributed by atoms with Gasteiger partial charge in [0.2, 0.25) is 0 Å². The number of nitrogens with zero attached hydrogens (tertiary/aromatic N) is 1. The van der Waals surface area contributed by atoms with Gasteiger partial charge in [-0.25, -0.2) is 9.78 Å². The second-order valence-corrected chi connectivity index (χ2v) is 5.64. The van der Waals surface area contributed by atoms with Gasteiger partial charge in [-0.1, -0.05) is 25.1 Å². The monoisotopic (exact) mass is 283 g/mol. The predicted molar refractivity (Wildman–Crippen MR) is 81.4 cm³/mol. The van der Waals surface area contributed by atoms with Crippen molar-refractivity contribution in [2.75, 3.05) is 0 Å². The molecule has 0 saturated carbocycles. The summed E-state index contributed by atoms with van der Waals surface area (Å²) < 4.78 is 1.19. The summed E-state index contributed by atoms with van der Waals surface area (Å²) >= 11 is 1.72. The van der Waals surface area contributed by atoms with Crippen molar-refractivity contribution >= 4 is 27.5 Å². The third-order valence-electron chi connectivity index (χ3n) is 3.20. The molecule has 20 heavy (non-hydrogen) atoms. The molecule has 0 atom stereocenters. The second kappa shape index (κ2) is 5.06. The van der Waals surface area contributed by atoms with Crippen LogP contribution in [0.1, 0.15) is 22.3 Å². The molecule has 3 nitrogen and oxygen atoms in total. The zero-order valence-corrected chi connectivity index (χ0v) is 11.8. The van der Waals surface area contributed by atoms with Gasteiger partial charge >= 0.3 is 5.97 Å². The SMILES string of the molecule is CCc1nc2cc(-c3ccc(C(=O)O)cc3)ccc2s1. The lowest BCUT2D eigenvalue weighted by Gasteiger charge is -2.02. The van der Waals surface area contributed by atoms with E-state index >= 15 is 0 Å². The number of benzene rings is 2. The molecule has 3 aromatic rings. The van der Waals surface area contributed by atoms with Crippen molar-refractivity contribution in [1.29, 1.82) is 0 Å². The van der Waals surface area contributed by atoms with Gasteiger partial charge in [0.1, 0.15) is 0 Å². The lowest BCUT2D eigenvalue weighted by Crippen LogP contribution is -1.94. The highest BCUT2D eigenvalue weighted by atomic mass is 32.1. The van der Waals surface area contributed by atoms with Crippen LogP contribution in [0.2, 0.25) is 0 Å². The van der Waals surface area contributed by atoms with Crippen molar-refractivity contribution in [3.05, 3.63) is 53.0 Å². The fraction of sp³-hybridized carbons (Fsp3) is 0.125. The molecule has 0 aliphatic heterocycles. The van der Waals surface area contributed by atoms with E-state index in [2.05, 4.69) is 30.1 Å². The molecule has 2 aromatic carbocycles. The van der Waals surface area contributed by atoms with Crippen LogP contribution in [-0.2, 0) is 6.42 Å². The molecular weight excluding hydrogens is 270 g/mol. The summed E-state index contributed by atoms with van der Waals surface area (Å²) in [6, 6.07) is 13.1. The number of rotatable bonds is 3. The van der Waals surface area contributed by atoms with Crippen molar-refractivity contribution in [2.24, 2.45) is 0 Å².